The van der Waals surface area contributed by atoms with Gasteiger partial charge in [0.2, 0.25) is 0 Å². The van der Waals surface area contributed by atoms with Gasteiger partial charge in [-0.1, -0.05) is 17.7 Å². The minimum absolute atomic E-state index is 0.135. The molecular formula is C12H14N2O4. The number of anilines is 1. The van der Waals surface area contributed by atoms with Crippen molar-refractivity contribution in [2.45, 2.75) is 13.8 Å². The number of esters is 1. The molecule has 0 aromatic heterocycles. The van der Waals surface area contributed by atoms with Crippen molar-refractivity contribution in [2.24, 2.45) is 0 Å². The van der Waals surface area contributed by atoms with Gasteiger partial charge >= 0.3 is 11.7 Å². The minimum Gasteiger partial charge on any atom is -0.461 e. The van der Waals surface area contributed by atoms with Gasteiger partial charge in [0.25, 0.3) is 0 Å². The molecule has 6 heteroatoms. The average Bonchev–Trinajstić information content (AvgIpc) is 2.31. The van der Waals surface area contributed by atoms with Gasteiger partial charge in [-0.05, 0) is 26.0 Å². The van der Waals surface area contributed by atoms with Crippen molar-refractivity contribution in [1.29, 1.82) is 0 Å². The van der Waals surface area contributed by atoms with Crippen LogP contribution < -0.4 is 5.32 Å². The van der Waals surface area contributed by atoms with E-state index in [1.165, 1.54) is 6.92 Å². The highest BCUT2D eigenvalue weighted by atomic mass is 16.6. The Labute approximate surface area is 104 Å². The monoisotopic (exact) mass is 250 g/mol. The molecule has 0 spiro atoms. The van der Waals surface area contributed by atoms with Crippen LogP contribution in [0.25, 0.3) is 0 Å². The molecule has 1 aromatic carbocycles. The van der Waals surface area contributed by atoms with E-state index < -0.39 is 16.6 Å². The fourth-order valence-corrected chi connectivity index (χ4v) is 1.37. The number of hydrogen-bond donors (Lipinski definition) is 1. The van der Waals surface area contributed by atoms with Crippen LogP contribution in [0.1, 0.15) is 12.5 Å². The Morgan fingerprint density at radius 2 is 1.89 bits per heavy atom. The Morgan fingerprint density at radius 1 is 1.33 bits per heavy atom. The molecule has 0 unspecified atom stereocenters. The summed E-state index contributed by atoms with van der Waals surface area (Å²) in [5, 5.41) is 13.6. The molecule has 18 heavy (non-hydrogen) atoms. The molecule has 1 aromatic rings. The summed E-state index contributed by atoms with van der Waals surface area (Å²) in [5.74, 6) is -0.975. The first kappa shape index (κ1) is 13.7. The van der Waals surface area contributed by atoms with Crippen LogP contribution in [0.2, 0.25) is 0 Å². The number of carbonyl (C=O) groups is 1. The van der Waals surface area contributed by atoms with E-state index in [0.29, 0.717) is 5.69 Å². The Balaban J connectivity index is 3.02. The third-order valence-corrected chi connectivity index (χ3v) is 2.30. The number of benzene rings is 1. The first-order valence-corrected chi connectivity index (χ1v) is 5.23. The predicted molar refractivity (Wildman–Crippen MR) is 66.5 cm³/mol. The second-order valence-corrected chi connectivity index (χ2v) is 3.71. The Hall–Kier alpha value is -2.37. The second-order valence-electron chi connectivity index (χ2n) is 3.71. The summed E-state index contributed by atoms with van der Waals surface area (Å²) >= 11 is 0. The molecule has 0 bridgehead atoms. The van der Waals surface area contributed by atoms with Crippen molar-refractivity contribution in [3.05, 3.63) is 51.3 Å². The third-order valence-electron chi connectivity index (χ3n) is 2.30. The largest absolute Gasteiger partial charge is 0.461 e. The third kappa shape index (κ3) is 3.31. The number of nitrogens with zero attached hydrogens (tertiary/aromatic N) is 1. The van der Waals surface area contributed by atoms with Gasteiger partial charge in [-0.2, -0.15) is 0 Å². The van der Waals surface area contributed by atoms with Crippen molar-refractivity contribution >= 4 is 11.7 Å². The van der Waals surface area contributed by atoms with E-state index in [0.717, 1.165) is 12.7 Å². The lowest BCUT2D eigenvalue weighted by Gasteiger charge is -2.07. The van der Waals surface area contributed by atoms with Crippen molar-refractivity contribution in [1.82, 2.24) is 0 Å². The molecule has 0 aliphatic carbocycles. The molecule has 0 aliphatic rings. The van der Waals surface area contributed by atoms with E-state index in [1.807, 2.05) is 19.1 Å². The number of allylic oxidation sites excluding steroid dienone is 1. The highest BCUT2D eigenvalue weighted by Crippen LogP contribution is 2.14. The van der Waals surface area contributed by atoms with E-state index in [9.17, 15) is 14.9 Å². The van der Waals surface area contributed by atoms with Crippen molar-refractivity contribution < 1.29 is 14.5 Å². The highest BCUT2D eigenvalue weighted by Gasteiger charge is 2.26. The summed E-state index contributed by atoms with van der Waals surface area (Å²) in [6, 6.07) is 7.26. The summed E-state index contributed by atoms with van der Waals surface area (Å²) in [6.45, 7) is 3.39. The SMILES string of the molecule is COC(=O)/C(=C(\C)Nc1ccc(C)cc1)[N+](=O)[O-]. The summed E-state index contributed by atoms with van der Waals surface area (Å²) in [7, 11) is 1.10. The minimum atomic E-state index is -0.975. The standard InChI is InChI=1S/C12H14N2O4/c1-8-4-6-10(7-5-8)13-9(2)11(14(16)17)12(15)18-3/h4-7,13H,1-3H3/b11-9-. The van der Waals surface area contributed by atoms with Crippen LogP contribution in [-0.4, -0.2) is 18.0 Å². The molecule has 1 rings (SSSR count). The molecule has 0 fully saturated rings. The lowest BCUT2D eigenvalue weighted by molar-refractivity contribution is -0.422. The zero-order valence-corrected chi connectivity index (χ0v) is 10.4. The number of aryl methyl sites for hydroxylation is 1. The average molecular weight is 250 g/mol. The molecule has 96 valence electrons. The summed E-state index contributed by atoms with van der Waals surface area (Å²) < 4.78 is 4.37. The number of ether oxygens (including phenoxy) is 1. The number of methoxy groups -OCH3 is 1. The van der Waals surface area contributed by atoms with Crippen LogP contribution in [0.4, 0.5) is 5.69 Å². The zero-order chi connectivity index (χ0) is 13.7. The number of nitrogens with one attached hydrogen (secondary N) is 1. The van der Waals surface area contributed by atoms with Crippen LogP contribution in [0.5, 0.6) is 0 Å². The van der Waals surface area contributed by atoms with Gasteiger partial charge in [-0.15, -0.1) is 0 Å². The van der Waals surface area contributed by atoms with Crippen LogP contribution in [0, 0.1) is 17.0 Å². The summed E-state index contributed by atoms with van der Waals surface area (Å²) in [5.41, 5.74) is 1.28. The van der Waals surface area contributed by atoms with Crippen LogP contribution in [0.15, 0.2) is 35.7 Å². The molecule has 1 N–H and O–H groups in total. The topological polar surface area (TPSA) is 81.5 Å². The number of hydrogen-bond acceptors (Lipinski definition) is 5. The van der Waals surface area contributed by atoms with Crippen LogP contribution >= 0.6 is 0 Å². The van der Waals surface area contributed by atoms with Crippen molar-refractivity contribution in [3.8, 4) is 0 Å². The second kappa shape index (κ2) is 5.81. The van der Waals surface area contributed by atoms with E-state index >= 15 is 0 Å². The Morgan fingerprint density at radius 3 is 2.33 bits per heavy atom. The normalized spacial score (nSPS) is 11.5. The quantitative estimate of drug-likeness (QED) is 0.383. The summed E-state index contributed by atoms with van der Waals surface area (Å²) in [6.07, 6.45) is 0. The van der Waals surface area contributed by atoms with E-state index in [-0.39, 0.29) is 5.70 Å². The molecule has 0 amide bonds. The van der Waals surface area contributed by atoms with Gasteiger partial charge in [-0.3, -0.25) is 10.1 Å². The van der Waals surface area contributed by atoms with Crippen molar-refractivity contribution in [2.75, 3.05) is 12.4 Å². The van der Waals surface area contributed by atoms with E-state index in [1.54, 1.807) is 12.1 Å². The molecular weight excluding hydrogens is 236 g/mol. The van der Waals surface area contributed by atoms with E-state index in [2.05, 4.69) is 10.1 Å². The van der Waals surface area contributed by atoms with Gasteiger partial charge in [0.15, 0.2) is 0 Å². The number of rotatable bonds is 4. The molecule has 0 saturated heterocycles. The lowest BCUT2D eigenvalue weighted by Crippen LogP contribution is -2.17. The smallest absolute Gasteiger partial charge is 0.411 e. The number of nitro groups is 1. The first-order chi connectivity index (χ1) is 8.45. The van der Waals surface area contributed by atoms with Crippen molar-refractivity contribution in [3.63, 3.8) is 0 Å². The maximum absolute atomic E-state index is 11.3. The molecule has 0 radical (unpaired) electrons. The fourth-order valence-electron chi connectivity index (χ4n) is 1.37. The van der Waals surface area contributed by atoms with Crippen LogP contribution in [0.3, 0.4) is 0 Å². The summed E-state index contributed by atoms with van der Waals surface area (Å²) in [4.78, 5) is 21.3. The molecule has 0 aliphatic heterocycles. The molecule has 6 nitrogen and oxygen atoms in total. The maximum atomic E-state index is 11.3. The first-order valence-electron chi connectivity index (χ1n) is 5.23. The number of carbonyl (C=O) groups excluding carboxylic acids is 1. The van der Waals surface area contributed by atoms with Gasteiger partial charge in [0, 0.05) is 5.69 Å². The predicted octanol–water partition coefficient (Wildman–Crippen LogP) is 2.09. The van der Waals surface area contributed by atoms with Gasteiger partial charge < -0.3 is 10.1 Å². The fraction of sp³-hybridized carbons (Fsp3) is 0.250. The Kier molecular flexibility index (Phi) is 4.42. The molecule has 0 atom stereocenters. The van der Waals surface area contributed by atoms with Gasteiger partial charge in [-0.25, -0.2) is 4.79 Å². The molecule has 0 saturated carbocycles. The van der Waals surface area contributed by atoms with Gasteiger partial charge in [0.05, 0.1) is 17.7 Å². The zero-order valence-electron chi connectivity index (χ0n) is 10.4. The molecule has 0 heterocycles. The van der Waals surface area contributed by atoms with Crippen LogP contribution in [-0.2, 0) is 9.53 Å². The lowest BCUT2D eigenvalue weighted by atomic mass is 10.2. The van der Waals surface area contributed by atoms with E-state index in [4.69, 9.17) is 0 Å². The Bertz CT molecular complexity index is 491. The van der Waals surface area contributed by atoms with Gasteiger partial charge in [0.1, 0.15) is 0 Å². The maximum Gasteiger partial charge on any atom is 0.411 e. The highest BCUT2D eigenvalue weighted by molar-refractivity contribution is 5.87.